The van der Waals surface area contributed by atoms with Gasteiger partial charge in [-0.2, -0.15) is 0 Å². The Morgan fingerprint density at radius 3 is 2.28 bits per heavy atom. The van der Waals surface area contributed by atoms with Crippen LogP contribution in [0.5, 0.6) is 0 Å². The van der Waals surface area contributed by atoms with Crippen molar-refractivity contribution in [2.24, 2.45) is 5.92 Å². The predicted molar refractivity (Wildman–Crippen MR) is 77.0 cm³/mol. The van der Waals surface area contributed by atoms with Crippen LogP contribution < -0.4 is 10.6 Å². The number of anilines is 2. The third-order valence-electron chi connectivity index (χ3n) is 3.23. The first-order chi connectivity index (χ1) is 8.71. The minimum atomic E-state index is -0.303. The highest BCUT2D eigenvalue weighted by molar-refractivity contribution is 5.53. The maximum absolute atomic E-state index is 10.0. The summed E-state index contributed by atoms with van der Waals surface area (Å²) < 4.78 is 0. The summed E-state index contributed by atoms with van der Waals surface area (Å²) >= 11 is 0. The van der Waals surface area contributed by atoms with Crippen molar-refractivity contribution in [3.05, 3.63) is 18.5 Å². The highest BCUT2D eigenvalue weighted by Gasteiger charge is 2.14. The molecule has 0 aliphatic carbocycles. The molecule has 3 N–H and O–H groups in total. The molecule has 1 heterocycles. The van der Waals surface area contributed by atoms with Gasteiger partial charge in [-0.3, -0.25) is 4.98 Å². The number of aliphatic hydroxyl groups excluding tert-OH is 1. The highest BCUT2D eigenvalue weighted by atomic mass is 16.3. The van der Waals surface area contributed by atoms with Gasteiger partial charge < -0.3 is 15.7 Å². The van der Waals surface area contributed by atoms with Crippen molar-refractivity contribution < 1.29 is 5.11 Å². The van der Waals surface area contributed by atoms with Gasteiger partial charge in [0.2, 0.25) is 0 Å². The van der Waals surface area contributed by atoms with Gasteiger partial charge in [-0.1, -0.05) is 26.7 Å². The van der Waals surface area contributed by atoms with Crippen molar-refractivity contribution >= 4 is 11.4 Å². The first-order valence-corrected chi connectivity index (χ1v) is 6.82. The molecule has 1 unspecified atom stereocenters. The molecule has 0 spiro atoms. The smallest absolute Gasteiger partial charge is 0.0740 e. The average Bonchev–Trinajstić information content (AvgIpc) is 2.39. The zero-order valence-corrected chi connectivity index (χ0v) is 11.6. The Labute approximate surface area is 110 Å². The second kappa shape index (κ2) is 7.93. The van der Waals surface area contributed by atoms with E-state index >= 15 is 0 Å². The van der Waals surface area contributed by atoms with Crippen molar-refractivity contribution in [2.45, 2.75) is 39.7 Å². The number of hydrogen-bond acceptors (Lipinski definition) is 4. The Hall–Kier alpha value is -1.29. The maximum atomic E-state index is 10.0. The van der Waals surface area contributed by atoms with Gasteiger partial charge in [-0.05, 0) is 18.9 Å². The molecular weight excluding hydrogens is 226 g/mol. The molecule has 1 aromatic rings. The molecule has 0 fully saturated rings. The Bertz CT molecular complexity index is 340. The minimum Gasteiger partial charge on any atom is -0.391 e. The summed E-state index contributed by atoms with van der Waals surface area (Å²) in [5.74, 6) is 0.363. The monoisotopic (exact) mass is 251 g/mol. The Kier molecular flexibility index (Phi) is 6.50. The average molecular weight is 251 g/mol. The molecule has 0 saturated carbocycles. The van der Waals surface area contributed by atoms with Gasteiger partial charge in [0.25, 0.3) is 0 Å². The minimum absolute atomic E-state index is 0.303. The number of nitrogens with one attached hydrogen (secondary N) is 2. The Morgan fingerprint density at radius 1 is 1.11 bits per heavy atom. The molecule has 0 aromatic carbocycles. The number of aliphatic hydroxyl groups is 1. The lowest BCUT2D eigenvalue weighted by molar-refractivity contribution is 0.114. The number of rotatable bonds is 8. The molecule has 0 radical (unpaired) electrons. The van der Waals surface area contributed by atoms with Crippen LogP contribution in [0.25, 0.3) is 0 Å². The lowest BCUT2D eigenvalue weighted by Crippen LogP contribution is -2.27. The molecule has 0 aliphatic heterocycles. The summed E-state index contributed by atoms with van der Waals surface area (Å²) in [6.07, 6.45) is 5.29. The van der Waals surface area contributed by atoms with Crippen LogP contribution >= 0.6 is 0 Å². The fourth-order valence-electron chi connectivity index (χ4n) is 2.06. The summed E-state index contributed by atoms with van der Waals surface area (Å²) in [6, 6.07) is 2.01. The summed E-state index contributed by atoms with van der Waals surface area (Å²) in [5, 5.41) is 16.5. The van der Waals surface area contributed by atoms with Crippen LogP contribution in [0.4, 0.5) is 11.4 Å². The van der Waals surface area contributed by atoms with E-state index in [4.69, 9.17) is 0 Å². The van der Waals surface area contributed by atoms with E-state index in [0.29, 0.717) is 12.5 Å². The molecule has 4 nitrogen and oxygen atoms in total. The molecule has 102 valence electrons. The maximum Gasteiger partial charge on any atom is 0.0740 e. The first kappa shape index (κ1) is 14.8. The van der Waals surface area contributed by atoms with Gasteiger partial charge >= 0.3 is 0 Å². The fraction of sp³-hybridized carbons (Fsp3) is 0.643. The molecule has 1 atom stereocenters. The molecule has 4 heteroatoms. The van der Waals surface area contributed by atoms with Crippen molar-refractivity contribution in [2.75, 3.05) is 23.7 Å². The third kappa shape index (κ3) is 4.53. The Balaban J connectivity index is 2.49. The Morgan fingerprint density at radius 2 is 1.72 bits per heavy atom. The van der Waals surface area contributed by atoms with E-state index in [2.05, 4.69) is 36.4 Å². The van der Waals surface area contributed by atoms with E-state index in [-0.39, 0.29) is 6.10 Å². The number of pyridine rings is 1. The van der Waals surface area contributed by atoms with E-state index in [0.717, 1.165) is 30.8 Å². The molecule has 18 heavy (non-hydrogen) atoms. The largest absolute Gasteiger partial charge is 0.391 e. The first-order valence-electron chi connectivity index (χ1n) is 6.82. The standard InChI is InChI=1S/C14H25N3O/c1-4-11(5-2)14(18)10-17-13-7-12(16-6-3)8-15-9-13/h7-9,11,14,16-18H,4-6,10H2,1-3H3. The van der Waals surface area contributed by atoms with Gasteiger partial charge in [0.15, 0.2) is 0 Å². The van der Waals surface area contributed by atoms with E-state index in [1.54, 1.807) is 12.4 Å². The normalized spacial score (nSPS) is 12.5. The molecular formula is C14H25N3O. The van der Waals surface area contributed by atoms with Crippen LogP contribution in [-0.4, -0.2) is 29.3 Å². The van der Waals surface area contributed by atoms with Gasteiger partial charge in [0.05, 0.1) is 29.9 Å². The van der Waals surface area contributed by atoms with Crippen molar-refractivity contribution in [3.8, 4) is 0 Å². The van der Waals surface area contributed by atoms with Gasteiger partial charge in [-0.15, -0.1) is 0 Å². The predicted octanol–water partition coefficient (Wildman–Crippen LogP) is 2.72. The van der Waals surface area contributed by atoms with Crippen LogP contribution in [0.3, 0.4) is 0 Å². The number of nitrogens with zero attached hydrogens (tertiary/aromatic N) is 1. The molecule has 0 aliphatic rings. The highest BCUT2D eigenvalue weighted by Crippen LogP contribution is 2.16. The summed E-state index contributed by atoms with van der Waals surface area (Å²) in [5.41, 5.74) is 1.94. The molecule has 1 rings (SSSR count). The lowest BCUT2D eigenvalue weighted by Gasteiger charge is -2.20. The molecule has 0 saturated heterocycles. The zero-order valence-electron chi connectivity index (χ0n) is 11.6. The van der Waals surface area contributed by atoms with Crippen LogP contribution in [0.15, 0.2) is 18.5 Å². The van der Waals surface area contributed by atoms with Crippen LogP contribution in [0.1, 0.15) is 33.6 Å². The molecule has 1 aromatic heterocycles. The van der Waals surface area contributed by atoms with Gasteiger partial charge in [-0.25, -0.2) is 0 Å². The second-order valence-electron chi connectivity index (χ2n) is 4.52. The lowest BCUT2D eigenvalue weighted by atomic mass is 9.96. The van der Waals surface area contributed by atoms with Gasteiger partial charge in [0.1, 0.15) is 0 Å². The third-order valence-corrected chi connectivity index (χ3v) is 3.23. The summed E-state index contributed by atoms with van der Waals surface area (Å²) in [6.45, 7) is 7.73. The number of hydrogen-bond donors (Lipinski definition) is 3. The van der Waals surface area contributed by atoms with E-state index in [1.165, 1.54) is 0 Å². The van der Waals surface area contributed by atoms with Crippen LogP contribution in [0, 0.1) is 5.92 Å². The van der Waals surface area contributed by atoms with Crippen molar-refractivity contribution in [1.82, 2.24) is 4.98 Å². The SMILES string of the molecule is CCNc1cncc(NCC(O)C(CC)CC)c1. The zero-order chi connectivity index (χ0) is 13.4. The van der Waals surface area contributed by atoms with Gasteiger partial charge in [0, 0.05) is 13.1 Å². The van der Waals surface area contributed by atoms with Crippen LogP contribution in [0.2, 0.25) is 0 Å². The van der Waals surface area contributed by atoms with Crippen molar-refractivity contribution in [1.29, 1.82) is 0 Å². The quantitative estimate of drug-likeness (QED) is 0.665. The molecule has 0 amide bonds. The van der Waals surface area contributed by atoms with E-state index < -0.39 is 0 Å². The van der Waals surface area contributed by atoms with E-state index in [1.807, 2.05) is 6.07 Å². The van der Waals surface area contributed by atoms with E-state index in [9.17, 15) is 5.11 Å². The second-order valence-corrected chi connectivity index (χ2v) is 4.52. The molecule has 0 bridgehead atoms. The van der Waals surface area contributed by atoms with Crippen LogP contribution in [-0.2, 0) is 0 Å². The fourth-order valence-corrected chi connectivity index (χ4v) is 2.06. The summed E-state index contributed by atoms with van der Waals surface area (Å²) in [7, 11) is 0. The topological polar surface area (TPSA) is 57.2 Å². The summed E-state index contributed by atoms with van der Waals surface area (Å²) in [4.78, 5) is 4.16. The number of aromatic nitrogens is 1. The van der Waals surface area contributed by atoms with Crippen molar-refractivity contribution in [3.63, 3.8) is 0 Å².